The van der Waals surface area contributed by atoms with Crippen LogP contribution in [0, 0.1) is 0 Å². The van der Waals surface area contributed by atoms with Gasteiger partial charge in [-0.15, -0.1) is 0 Å². The Hall–Kier alpha value is -1.11. The highest BCUT2D eigenvalue weighted by atomic mass is 32.2. The van der Waals surface area contributed by atoms with Crippen molar-refractivity contribution in [3.63, 3.8) is 0 Å². The van der Waals surface area contributed by atoms with Gasteiger partial charge in [0.05, 0.1) is 0 Å². The third kappa shape index (κ3) is 3.96. The maximum absolute atomic E-state index is 4.61. The molecule has 1 aromatic heterocycles. The van der Waals surface area contributed by atoms with E-state index < -0.39 is 0 Å². The minimum Gasteiger partial charge on any atom is -0.337 e. The summed E-state index contributed by atoms with van der Waals surface area (Å²) in [6.07, 6.45) is 0. The second-order valence-electron chi connectivity index (χ2n) is 5.04. The Balaban J connectivity index is 1.52. The number of hydrogen-bond donors (Lipinski definition) is 0. The van der Waals surface area contributed by atoms with Crippen molar-refractivity contribution in [1.82, 2.24) is 14.3 Å². The molecule has 0 amide bonds. The van der Waals surface area contributed by atoms with E-state index in [9.17, 15) is 0 Å². The average Bonchev–Trinajstić information content (AvgIpc) is 2.98. The van der Waals surface area contributed by atoms with Gasteiger partial charge < -0.3 is 4.90 Å². The molecule has 0 spiro atoms. The fraction of sp³-hybridized carbons (Fsp3) is 0.467. The highest BCUT2D eigenvalue weighted by Gasteiger charge is 2.20. The topological polar surface area (TPSA) is 32.3 Å². The van der Waals surface area contributed by atoms with Crippen molar-refractivity contribution in [2.75, 3.05) is 36.8 Å². The van der Waals surface area contributed by atoms with Gasteiger partial charge in [-0.2, -0.15) is 9.36 Å². The van der Waals surface area contributed by atoms with Crippen molar-refractivity contribution >= 4 is 29.2 Å². The molecular formula is C15H20N4S2. The van der Waals surface area contributed by atoms with Crippen molar-refractivity contribution in [2.45, 2.75) is 17.8 Å². The molecular weight excluding hydrogens is 300 g/mol. The van der Waals surface area contributed by atoms with Crippen LogP contribution in [0.15, 0.2) is 34.7 Å². The van der Waals surface area contributed by atoms with Crippen LogP contribution in [-0.4, -0.2) is 46.2 Å². The molecule has 0 atom stereocenters. The molecule has 0 aliphatic carbocycles. The summed E-state index contributed by atoms with van der Waals surface area (Å²) in [5.41, 5.74) is 1.39. The normalized spacial score (nSPS) is 16.3. The Labute approximate surface area is 134 Å². The van der Waals surface area contributed by atoms with Gasteiger partial charge in [-0.05, 0) is 22.8 Å². The second kappa shape index (κ2) is 7.24. The number of aromatic nitrogens is 2. The summed E-state index contributed by atoms with van der Waals surface area (Å²) in [5.74, 6) is 1.97. The fourth-order valence-corrected chi connectivity index (χ4v) is 3.97. The highest BCUT2D eigenvalue weighted by Crippen LogP contribution is 2.24. The molecule has 1 aliphatic rings. The van der Waals surface area contributed by atoms with E-state index in [1.54, 1.807) is 11.8 Å². The van der Waals surface area contributed by atoms with E-state index in [1.807, 2.05) is 0 Å². The smallest absolute Gasteiger partial charge is 0.238 e. The van der Waals surface area contributed by atoms with E-state index >= 15 is 0 Å². The molecule has 1 fully saturated rings. The lowest BCUT2D eigenvalue weighted by molar-refractivity contribution is 0.249. The zero-order valence-electron chi connectivity index (χ0n) is 12.2. The van der Waals surface area contributed by atoms with E-state index in [4.69, 9.17) is 0 Å². The number of nitrogens with zero attached hydrogens (tertiary/aromatic N) is 4. The number of anilines is 1. The molecule has 0 bridgehead atoms. The van der Waals surface area contributed by atoms with Crippen LogP contribution < -0.4 is 4.90 Å². The Morgan fingerprint density at radius 1 is 1.14 bits per heavy atom. The molecule has 4 nitrogen and oxygen atoms in total. The summed E-state index contributed by atoms with van der Waals surface area (Å²) in [6, 6.07) is 10.7. The van der Waals surface area contributed by atoms with E-state index in [0.717, 1.165) is 48.8 Å². The van der Waals surface area contributed by atoms with Gasteiger partial charge in [0.2, 0.25) is 5.95 Å². The van der Waals surface area contributed by atoms with Crippen molar-refractivity contribution in [2.24, 2.45) is 0 Å². The first-order valence-corrected chi connectivity index (χ1v) is 9.09. The molecule has 0 unspecified atom stereocenters. The van der Waals surface area contributed by atoms with Crippen LogP contribution in [-0.2, 0) is 6.54 Å². The summed E-state index contributed by atoms with van der Waals surface area (Å²) in [7, 11) is 0. The molecule has 2 heterocycles. The largest absolute Gasteiger partial charge is 0.337 e. The number of benzene rings is 1. The SMILES string of the molecule is CCSc1nc(N2CCN(Cc3ccccc3)CC2)ns1. The van der Waals surface area contributed by atoms with Crippen LogP contribution in [0.4, 0.5) is 5.95 Å². The Bertz CT molecular complexity index is 550. The first-order valence-electron chi connectivity index (χ1n) is 7.33. The van der Waals surface area contributed by atoms with Crippen molar-refractivity contribution in [3.05, 3.63) is 35.9 Å². The van der Waals surface area contributed by atoms with Gasteiger partial charge >= 0.3 is 0 Å². The number of piperazine rings is 1. The molecule has 2 aromatic rings. The number of hydrogen-bond acceptors (Lipinski definition) is 6. The van der Waals surface area contributed by atoms with Gasteiger partial charge in [-0.25, -0.2) is 0 Å². The number of rotatable bonds is 5. The van der Waals surface area contributed by atoms with E-state index in [2.05, 4.69) is 56.4 Å². The fourth-order valence-electron chi connectivity index (χ4n) is 2.46. The maximum Gasteiger partial charge on any atom is 0.238 e. The summed E-state index contributed by atoms with van der Waals surface area (Å²) in [5, 5.41) is 0. The molecule has 1 aliphatic heterocycles. The molecule has 6 heteroatoms. The quantitative estimate of drug-likeness (QED) is 0.791. The standard InChI is InChI=1S/C15H20N4S2/c1-2-20-15-16-14(17-21-15)19-10-8-18(9-11-19)12-13-6-4-3-5-7-13/h3-7H,2,8-12H2,1H3. The average molecular weight is 320 g/mol. The van der Waals surface area contributed by atoms with Crippen LogP contribution in [0.3, 0.4) is 0 Å². The monoisotopic (exact) mass is 320 g/mol. The molecule has 0 radical (unpaired) electrons. The van der Waals surface area contributed by atoms with Gasteiger partial charge in [0.25, 0.3) is 0 Å². The third-order valence-corrected chi connectivity index (χ3v) is 5.27. The van der Waals surface area contributed by atoms with Crippen LogP contribution in [0.1, 0.15) is 12.5 Å². The van der Waals surface area contributed by atoms with Crippen LogP contribution in [0.2, 0.25) is 0 Å². The molecule has 3 rings (SSSR count). The lowest BCUT2D eigenvalue weighted by Gasteiger charge is -2.34. The van der Waals surface area contributed by atoms with Crippen molar-refractivity contribution < 1.29 is 0 Å². The number of thioether (sulfide) groups is 1. The minimum atomic E-state index is 0.912. The minimum absolute atomic E-state index is 0.912. The molecule has 21 heavy (non-hydrogen) atoms. The summed E-state index contributed by atoms with van der Waals surface area (Å²) < 4.78 is 5.57. The van der Waals surface area contributed by atoms with E-state index in [1.165, 1.54) is 17.1 Å². The Kier molecular flexibility index (Phi) is 5.11. The molecule has 112 valence electrons. The Morgan fingerprint density at radius 2 is 1.90 bits per heavy atom. The summed E-state index contributed by atoms with van der Waals surface area (Å²) in [6.45, 7) is 7.36. The second-order valence-corrected chi connectivity index (χ2v) is 7.31. The van der Waals surface area contributed by atoms with Crippen molar-refractivity contribution in [3.8, 4) is 0 Å². The summed E-state index contributed by atoms with van der Waals surface area (Å²) in [4.78, 5) is 9.41. The van der Waals surface area contributed by atoms with Gasteiger partial charge in [0, 0.05) is 32.7 Å². The third-order valence-electron chi connectivity index (χ3n) is 3.57. The predicted octanol–water partition coefficient (Wildman–Crippen LogP) is 2.97. The highest BCUT2D eigenvalue weighted by molar-refractivity contribution is 8.00. The summed E-state index contributed by atoms with van der Waals surface area (Å²) >= 11 is 3.29. The van der Waals surface area contributed by atoms with Crippen LogP contribution >= 0.6 is 23.3 Å². The van der Waals surface area contributed by atoms with Gasteiger partial charge in [0.15, 0.2) is 4.34 Å². The lowest BCUT2D eigenvalue weighted by atomic mass is 10.2. The molecule has 1 aromatic carbocycles. The van der Waals surface area contributed by atoms with Gasteiger partial charge in [0.1, 0.15) is 0 Å². The van der Waals surface area contributed by atoms with E-state index in [0.29, 0.717) is 0 Å². The predicted molar refractivity (Wildman–Crippen MR) is 90.2 cm³/mol. The first kappa shape index (κ1) is 14.8. The lowest BCUT2D eigenvalue weighted by Crippen LogP contribution is -2.46. The zero-order valence-corrected chi connectivity index (χ0v) is 13.9. The van der Waals surface area contributed by atoms with Gasteiger partial charge in [-0.3, -0.25) is 4.90 Å². The molecule has 1 saturated heterocycles. The van der Waals surface area contributed by atoms with E-state index in [-0.39, 0.29) is 0 Å². The molecule has 0 N–H and O–H groups in total. The first-order chi connectivity index (χ1) is 10.3. The van der Waals surface area contributed by atoms with Crippen LogP contribution in [0.5, 0.6) is 0 Å². The van der Waals surface area contributed by atoms with Crippen molar-refractivity contribution in [1.29, 1.82) is 0 Å². The zero-order chi connectivity index (χ0) is 14.5. The maximum atomic E-state index is 4.61. The Morgan fingerprint density at radius 3 is 2.62 bits per heavy atom. The van der Waals surface area contributed by atoms with Crippen LogP contribution in [0.25, 0.3) is 0 Å². The van der Waals surface area contributed by atoms with Gasteiger partial charge in [-0.1, -0.05) is 49.0 Å². The molecule has 0 saturated carbocycles.